The molecule has 102 valence electrons. The lowest BCUT2D eigenvalue weighted by atomic mass is 10.2. The number of aryl methyl sites for hydroxylation is 2. The standard InChI is InChI=1S/C13H12N4O2S/c1-9-6-10(2)16-13(7-9)17-20(18,19)12-4-3-5-15-11(12)8-14/h3-7H,1-2H3,(H,16,17). The quantitative estimate of drug-likeness (QED) is 0.928. The second-order valence-electron chi connectivity index (χ2n) is 4.24. The van der Waals surface area contributed by atoms with E-state index in [-0.39, 0.29) is 16.4 Å². The van der Waals surface area contributed by atoms with Crippen molar-refractivity contribution in [2.75, 3.05) is 4.72 Å². The normalized spacial score (nSPS) is 10.8. The van der Waals surface area contributed by atoms with E-state index >= 15 is 0 Å². The Morgan fingerprint density at radius 2 is 2.05 bits per heavy atom. The highest BCUT2D eigenvalue weighted by molar-refractivity contribution is 7.92. The van der Waals surface area contributed by atoms with Crippen LogP contribution >= 0.6 is 0 Å². The van der Waals surface area contributed by atoms with Gasteiger partial charge in [-0.3, -0.25) is 4.72 Å². The number of sulfonamides is 1. The zero-order valence-electron chi connectivity index (χ0n) is 11.0. The Balaban J connectivity index is 2.44. The molecule has 0 aliphatic heterocycles. The Labute approximate surface area is 117 Å². The van der Waals surface area contributed by atoms with Crippen LogP contribution in [0.2, 0.25) is 0 Å². The molecule has 0 unspecified atom stereocenters. The summed E-state index contributed by atoms with van der Waals surface area (Å²) in [4.78, 5) is 7.68. The number of aromatic nitrogens is 2. The van der Waals surface area contributed by atoms with E-state index in [1.54, 1.807) is 19.1 Å². The molecule has 2 heterocycles. The van der Waals surface area contributed by atoms with Crippen molar-refractivity contribution >= 4 is 15.8 Å². The van der Waals surface area contributed by atoms with E-state index in [0.717, 1.165) is 5.56 Å². The molecule has 0 spiro atoms. The first-order valence-corrected chi connectivity index (χ1v) is 7.24. The monoisotopic (exact) mass is 288 g/mol. The third-order valence-electron chi connectivity index (χ3n) is 2.50. The van der Waals surface area contributed by atoms with Crippen molar-refractivity contribution in [1.82, 2.24) is 9.97 Å². The van der Waals surface area contributed by atoms with Gasteiger partial charge in [-0.1, -0.05) is 0 Å². The third kappa shape index (κ3) is 2.92. The number of rotatable bonds is 3. The molecule has 0 amide bonds. The van der Waals surface area contributed by atoms with E-state index in [2.05, 4.69) is 14.7 Å². The van der Waals surface area contributed by atoms with Gasteiger partial charge >= 0.3 is 0 Å². The van der Waals surface area contributed by atoms with E-state index in [0.29, 0.717) is 5.69 Å². The van der Waals surface area contributed by atoms with Crippen LogP contribution in [0.1, 0.15) is 17.0 Å². The number of nitrogens with zero attached hydrogens (tertiary/aromatic N) is 3. The predicted molar refractivity (Wildman–Crippen MR) is 73.5 cm³/mol. The lowest BCUT2D eigenvalue weighted by Crippen LogP contribution is -2.16. The number of anilines is 1. The van der Waals surface area contributed by atoms with E-state index in [9.17, 15) is 8.42 Å². The molecule has 6 nitrogen and oxygen atoms in total. The number of hydrogen-bond acceptors (Lipinski definition) is 5. The van der Waals surface area contributed by atoms with Crippen LogP contribution < -0.4 is 4.72 Å². The van der Waals surface area contributed by atoms with E-state index in [1.807, 2.05) is 13.0 Å². The van der Waals surface area contributed by atoms with Crippen molar-refractivity contribution < 1.29 is 8.42 Å². The van der Waals surface area contributed by atoms with Gasteiger partial charge in [0.15, 0.2) is 5.69 Å². The number of pyridine rings is 2. The second-order valence-corrected chi connectivity index (χ2v) is 5.89. The molecule has 2 rings (SSSR count). The minimum absolute atomic E-state index is 0.149. The molecular formula is C13H12N4O2S. The maximum atomic E-state index is 12.3. The van der Waals surface area contributed by atoms with Gasteiger partial charge in [-0.15, -0.1) is 0 Å². The maximum absolute atomic E-state index is 12.3. The highest BCUT2D eigenvalue weighted by Gasteiger charge is 2.20. The van der Waals surface area contributed by atoms with Gasteiger partial charge in [0.25, 0.3) is 10.0 Å². The summed E-state index contributed by atoms with van der Waals surface area (Å²) in [7, 11) is -3.89. The molecule has 7 heteroatoms. The van der Waals surface area contributed by atoms with Crippen LogP contribution in [0.25, 0.3) is 0 Å². The van der Waals surface area contributed by atoms with Crippen molar-refractivity contribution in [1.29, 1.82) is 5.26 Å². The zero-order chi connectivity index (χ0) is 14.8. The Morgan fingerprint density at radius 3 is 2.70 bits per heavy atom. The third-order valence-corrected chi connectivity index (χ3v) is 3.89. The van der Waals surface area contributed by atoms with Gasteiger partial charge in [0.1, 0.15) is 16.8 Å². The average Bonchev–Trinajstić information content (AvgIpc) is 2.36. The summed E-state index contributed by atoms with van der Waals surface area (Å²) in [6.07, 6.45) is 1.37. The molecule has 0 atom stereocenters. The number of nitriles is 1. The van der Waals surface area contributed by atoms with Gasteiger partial charge in [0, 0.05) is 11.9 Å². The fraction of sp³-hybridized carbons (Fsp3) is 0.154. The molecular weight excluding hydrogens is 276 g/mol. The van der Waals surface area contributed by atoms with Gasteiger partial charge in [-0.05, 0) is 43.7 Å². The van der Waals surface area contributed by atoms with Crippen LogP contribution in [0.15, 0.2) is 35.4 Å². The lowest BCUT2D eigenvalue weighted by molar-refractivity contribution is 0.600. The number of hydrogen-bond donors (Lipinski definition) is 1. The summed E-state index contributed by atoms with van der Waals surface area (Å²) in [6, 6.07) is 8.01. The van der Waals surface area contributed by atoms with Gasteiger partial charge in [0.2, 0.25) is 0 Å². The topological polar surface area (TPSA) is 95.7 Å². The van der Waals surface area contributed by atoms with Crippen LogP contribution in [-0.4, -0.2) is 18.4 Å². The molecule has 1 N–H and O–H groups in total. The molecule has 2 aromatic heterocycles. The Bertz CT molecular complexity index is 774. The molecule has 0 saturated heterocycles. The predicted octanol–water partition coefficient (Wildman–Crippen LogP) is 1.77. The first-order valence-electron chi connectivity index (χ1n) is 5.75. The minimum atomic E-state index is -3.89. The van der Waals surface area contributed by atoms with Crippen LogP contribution in [-0.2, 0) is 10.0 Å². The van der Waals surface area contributed by atoms with Gasteiger partial charge < -0.3 is 0 Å². The molecule has 0 radical (unpaired) electrons. The molecule has 0 aliphatic carbocycles. The van der Waals surface area contributed by atoms with Gasteiger partial charge in [-0.25, -0.2) is 18.4 Å². The first kappa shape index (κ1) is 14.0. The smallest absolute Gasteiger partial charge is 0.263 e. The lowest BCUT2D eigenvalue weighted by Gasteiger charge is -2.09. The average molecular weight is 288 g/mol. The van der Waals surface area contributed by atoms with E-state index in [1.165, 1.54) is 18.3 Å². The highest BCUT2D eigenvalue weighted by atomic mass is 32.2. The van der Waals surface area contributed by atoms with Gasteiger partial charge in [-0.2, -0.15) is 5.26 Å². The molecule has 0 bridgehead atoms. The fourth-order valence-corrected chi connectivity index (χ4v) is 2.88. The van der Waals surface area contributed by atoms with Crippen molar-refractivity contribution in [2.24, 2.45) is 0 Å². The van der Waals surface area contributed by atoms with Crippen LogP contribution in [0, 0.1) is 25.2 Å². The molecule has 0 aromatic carbocycles. The molecule has 0 saturated carbocycles. The molecule has 0 fully saturated rings. The van der Waals surface area contributed by atoms with Crippen molar-refractivity contribution in [3.8, 4) is 6.07 Å². The summed E-state index contributed by atoms with van der Waals surface area (Å²) in [5.41, 5.74) is 1.45. The van der Waals surface area contributed by atoms with Crippen molar-refractivity contribution in [3.05, 3.63) is 47.4 Å². The Morgan fingerprint density at radius 1 is 1.30 bits per heavy atom. The van der Waals surface area contributed by atoms with Crippen molar-refractivity contribution in [3.63, 3.8) is 0 Å². The van der Waals surface area contributed by atoms with Crippen molar-refractivity contribution in [2.45, 2.75) is 18.7 Å². The second kappa shape index (κ2) is 5.27. The SMILES string of the molecule is Cc1cc(C)nc(NS(=O)(=O)c2cccnc2C#N)c1. The zero-order valence-corrected chi connectivity index (χ0v) is 11.8. The molecule has 20 heavy (non-hydrogen) atoms. The maximum Gasteiger partial charge on any atom is 0.265 e. The molecule has 0 aliphatic rings. The Hall–Kier alpha value is -2.46. The first-order chi connectivity index (χ1) is 9.42. The summed E-state index contributed by atoms with van der Waals surface area (Å²) < 4.78 is 26.9. The summed E-state index contributed by atoms with van der Waals surface area (Å²) >= 11 is 0. The fourth-order valence-electron chi connectivity index (χ4n) is 1.78. The summed E-state index contributed by atoms with van der Waals surface area (Å²) in [6.45, 7) is 3.62. The Kier molecular flexibility index (Phi) is 3.68. The highest BCUT2D eigenvalue weighted by Crippen LogP contribution is 2.17. The van der Waals surface area contributed by atoms with Gasteiger partial charge in [0.05, 0.1) is 0 Å². The minimum Gasteiger partial charge on any atom is -0.263 e. The summed E-state index contributed by atoms with van der Waals surface area (Å²) in [5, 5.41) is 8.92. The largest absolute Gasteiger partial charge is 0.265 e. The van der Waals surface area contributed by atoms with Crippen LogP contribution in [0.4, 0.5) is 5.82 Å². The van der Waals surface area contributed by atoms with E-state index in [4.69, 9.17) is 5.26 Å². The van der Waals surface area contributed by atoms with Crippen LogP contribution in [0.5, 0.6) is 0 Å². The summed E-state index contributed by atoms with van der Waals surface area (Å²) in [5.74, 6) is 0.218. The number of nitrogens with one attached hydrogen (secondary N) is 1. The molecule has 2 aromatic rings. The van der Waals surface area contributed by atoms with Crippen LogP contribution in [0.3, 0.4) is 0 Å². The van der Waals surface area contributed by atoms with E-state index < -0.39 is 10.0 Å².